The smallest absolute Gasteiger partial charge is 0.116 e. The maximum absolute atomic E-state index is 9.66. The molecular formula is C14H22O. The summed E-state index contributed by atoms with van der Waals surface area (Å²) in [4.78, 5) is 0. The topological polar surface area (TPSA) is 20.2 Å². The van der Waals surface area contributed by atoms with E-state index in [-0.39, 0.29) is 5.41 Å². The molecule has 0 amide bonds. The number of phenolic OH excluding ortho intramolecular Hbond substituents is 1. The molecule has 15 heavy (non-hydrogen) atoms. The van der Waals surface area contributed by atoms with E-state index in [2.05, 4.69) is 33.8 Å². The molecule has 1 heteroatoms. The fourth-order valence-corrected chi connectivity index (χ4v) is 1.63. The van der Waals surface area contributed by atoms with Crippen LogP contribution >= 0.6 is 0 Å². The molecule has 0 aliphatic rings. The highest BCUT2D eigenvalue weighted by Gasteiger charge is 2.14. The van der Waals surface area contributed by atoms with Gasteiger partial charge in [0.1, 0.15) is 5.75 Å². The molecule has 0 saturated heterocycles. The molecule has 0 saturated carbocycles. The van der Waals surface area contributed by atoms with Crippen molar-refractivity contribution in [3.63, 3.8) is 0 Å². The van der Waals surface area contributed by atoms with Crippen molar-refractivity contribution in [2.75, 3.05) is 0 Å². The van der Waals surface area contributed by atoms with Gasteiger partial charge in [-0.15, -0.1) is 0 Å². The third-order valence-corrected chi connectivity index (χ3v) is 2.66. The fraction of sp³-hybridized carbons (Fsp3) is 0.571. The minimum atomic E-state index is 0.111. The van der Waals surface area contributed by atoms with Gasteiger partial charge in [-0.05, 0) is 41.5 Å². The Morgan fingerprint density at radius 2 is 1.80 bits per heavy atom. The lowest BCUT2D eigenvalue weighted by molar-refractivity contribution is 0.470. The Labute approximate surface area is 93.1 Å². The van der Waals surface area contributed by atoms with Crippen LogP contribution < -0.4 is 0 Å². The molecule has 0 aliphatic carbocycles. The predicted molar refractivity (Wildman–Crippen MR) is 65.4 cm³/mol. The van der Waals surface area contributed by atoms with Crippen molar-refractivity contribution in [3.8, 4) is 5.75 Å². The van der Waals surface area contributed by atoms with Gasteiger partial charge in [0.2, 0.25) is 0 Å². The molecule has 0 spiro atoms. The summed E-state index contributed by atoms with van der Waals surface area (Å²) in [7, 11) is 0. The van der Waals surface area contributed by atoms with Crippen LogP contribution in [0.3, 0.4) is 0 Å². The summed E-state index contributed by atoms with van der Waals surface area (Å²) < 4.78 is 0. The Morgan fingerprint density at radius 3 is 2.33 bits per heavy atom. The second-order valence-corrected chi connectivity index (χ2v) is 5.24. The summed E-state index contributed by atoms with van der Waals surface area (Å²) in [5, 5.41) is 9.66. The van der Waals surface area contributed by atoms with Crippen LogP contribution in [0, 0.1) is 0 Å². The lowest BCUT2D eigenvalue weighted by Crippen LogP contribution is -2.11. The summed E-state index contributed by atoms with van der Waals surface area (Å²) in [6, 6.07) is 5.97. The van der Waals surface area contributed by atoms with Crippen molar-refractivity contribution >= 4 is 0 Å². The molecule has 0 fully saturated rings. The number of hydrogen-bond donors (Lipinski definition) is 1. The zero-order valence-electron chi connectivity index (χ0n) is 10.3. The highest BCUT2D eigenvalue weighted by molar-refractivity contribution is 5.37. The standard InChI is InChI=1S/C14H22O/c1-5-6-7-11-8-12(14(2,3)4)10-13(15)9-11/h8-10,15H,5-7H2,1-4H3. The van der Waals surface area contributed by atoms with Crippen molar-refractivity contribution in [1.82, 2.24) is 0 Å². The van der Waals surface area contributed by atoms with Crippen LogP contribution in [0.5, 0.6) is 5.75 Å². The molecule has 1 rings (SSSR count). The number of benzene rings is 1. The first kappa shape index (κ1) is 12.1. The van der Waals surface area contributed by atoms with Crippen LogP contribution in [0.15, 0.2) is 18.2 Å². The van der Waals surface area contributed by atoms with Crippen molar-refractivity contribution in [2.45, 2.75) is 52.4 Å². The van der Waals surface area contributed by atoms with Crippen LogP contribution in [0.4, 0.5) is 0 Å². The second-order valence-electron chi connectivity index (χ2n) is 5.24. The second kappa shape index (κ2) is 4.69. The van der Waals surface area contributed by atoms with E-state index >= 15 is 0 Å². The van der Waals surface area contributed by atoms with E-state index < -0.39 is 0 Å². The van der Waals surface area contributed by atoms with Gasteiger partial charge in [-0.1, -0.05) is 40.2 Å². The monoisotopic (exact) mass is 206 g/mol. The van der Waals surface area contributed by atoms with Crippen LogP contribution in [0.1, 0.15) is 51.7 Å². The van der Waals surface area contributed by atoms with Crippen molar-refractivity contribution in [3.05, 3.63) is 29.3 Å². The molecule has 0 heterocycles. The highest BCUT2D eigenvalue weighted by atomic mass is 16.3. The lowest BCUT2D eigenvalue weighted by Gasteiger charge is -2.20. The van der Waals surface area contributed by atoms with Gasteiger partial charge >= 0.3 is 0 Å². The summed E-state index contributed by atoms with van der Waals surface area (Å²) in [6.45, 7) is 8.70. The minimum Gasteiger partial charge on any atom is -0.508 e. The molecule has 1 aromatic carbocycles. The number of phenols is 1. The van der Waals surface area contributed by atoms with Crippen molar-refractivity contribution in [1.29, 1.82) is 0 Å². The van der Waals surface area contributed by atoms with E-state index in [4.69, 9.17) is 0 Å². The normalized spacial score (nSPS) is 11.7. The van der Waals surface area contributed by atoms with Gasteiger partial charge in [-0.25, -0.2) is 0 Å². The first-order valence-electron chi connectivity index (χ1n) is 5.77. The number of aryl methyl sites for hydroxylation is 1. The fourth-order valence-electron chi connectivity index (χ4n) is 1.63. The molecule has 1 nitrogen and oxygen atoms in total. The Morgan fingerprint density at radius 1 is 1.13 bits per heavy atom. The Hall–Kier alpha value is -0.980. The molecule has 84 valence electrons. The number of hydrogen-bond acceptors (Lipinski definition) is 1. The van der Waals surface area contributed by atoms with Gasteiger partial charge < -0.3 is 5.11 Å². The van der Waals surface area contributed by atoms with Crippen molar-refractivity contribution in [2.24, 2.45) is 0 Å². The number of aromatic hydroxyl groups is 1. The quantitative estimate of drug-likeness (QED) is 0.791. The molecule has 1 N–H and O–H groups in total. The van der Waals surface area contributed by atoms with Gasteiger partial charge in [0, 0.05) is 0 Å². The predicted octanol–water partition coefficient (Wildman–Crippen LogP) is 4.03. The van der Waals surface area contributed by atoms with Crippen molar-refractivity contribution < 1.29 is 5.11 Å². The minimum absolute atomic E-state index is 0.111. The first-order valence-corrected chi connectivity index (χ1v) is 5.77. The van der Waals surface area contributed by atoms with E-state index in [1.807, 2.05) is 12.1 Å². The average Bonchev–Trinajstić information content (AvgIpc) is 2.12. The molecule has 0 radical (unpaired) electrons. The van der Waals surface area contributed by atoms with Gasteiger partial charge in [0.25, 0.3) is 0 Å². The van der Waals surface area contributed by atoms with Crippen LogP contribution in [-0.2, 0) is 11.8 Å². The molecule has 1 aromatic rings. The zero-order valence-corrected chi connectivity index (χ0v) is 10.3. The number of rotatable bonds is 3. The molecule has 0 atom stereocenters. The summed E-state index contributed by atoms with van der Waals surface area (Å²) in [6.07, 6.45) is 3.45. The molecule has 0 aliphatic heterocycles. The number of unbranched alkanes of at least 4 members (excludes halogenated alkanes) is 1. The van der Waals surface area contributed by atoms with Crippen LogP contribution in [0.2, 0.25) is 0 Å². The van der Waals surface area contributed by atoms with E-state index in [1.165, 1.54) is 24.0 Å². The molecular weight excluding hydrogens is 184 g/mol. The molecule has 0 aromatic heterocycles. The maximum atomic E-state index is 9.66. The van der Waals surface area contributed by atoms with Crippen LogP contribution in [-0.4, -0.2) is 5.11 Å². The van der Waals surface area contributed by atoms with E-state index in [0.29, 0.717) is 5.75 Å². The summed E-state index contributed by atoms with van der Waals surface area (Å²) >= 11 is 0. The third-order valence-electron chi connectivity index (χ3n) is 2.66. The first-order chi connectivity index (χ1) is 6.93. The highest BCUT2D eigenvalue weighted by Crippen LogP contribution is 2.27. The SMILES string of the molecule is CCCCc1cc(O)cc(C(C)(C)C)c1. The van der Waals surface area contributed by atoms with E-state index in [1.54, 1.807) is 0 Å². The zero-order chi connectivity index (χ0) is 11.5. The third kappa shape index (κ3) is 3.58. The van der Waals surface area contributed by atoms with E-state index in [0.717, 1.165) is 6.42 Å². The van der Waals surface area contributed by atoms with Gasteiger partial charge in [-0.2, -0.15) is 0 Å². The Balaban J connectivity index is 2.95. The van der Waals surface area contributed by atoms with Gasteiger partial charge in [0.05, 0.1) is 0 Å². The maximum Gasteiger partial charge on any atom is 0.116 e. The molecule has 0 unspecified atom stereocenters. The van der Waals surface area contributed by atoms with Gasteiger partial charge in [0.15, 0.2) is 0 Å². The Bertz CT molecular complexity index is 321. The summed E-state index contributed by atoms with van der Waals surface area (Å²) in [5.74, 6) is 0.397. The summed E-state index contributed by atoms with van der Waals surface area (Å²) in [5.41, 5.74) is 2.58. The largest absolute Gasteiger partial charge is 0.508 e. The lowest BCUT2D eigenvalue weighted by atomic mass is 9.85. The Kier molecular flexibility index (Phi) is 3.78. The average molecular weight is 206 g/mol. The van der Waals surface area contributed by atoms with E-state index in [9.17, 15) is 5.11 Å². The van der Waals surface area contributed by atoms with Crippen LogP contribution in [0.25, 0.3) is 0 Å². The van der Waals surface area contributed by atoms with Gasteiger partial charge in [-0.3, -0.25) is 0 Å². The molecule has 0 bridgehead atoms.